The Labute approximate surface area is 310 Å². The number of aliphatic hydroxyl groups excluding tert-OH is 2. The molecule has 0 aliphatic carbocycles. The number of hydrogen-bond acceptors (Lipinski definition) is 9. The van der Waals surface area contributed by atoms with E-state index < -0.39 is 51.8 Å². The van der Waals surface area contributed by atoms with E-state index >= 15 is 0 Å². The van der Waals surface area contributed by atoms with Crippen molar-refractivity contribution in [2.24, 2.45) is 0 Å². The number of hydrogen-bond donors (Lipinski definition) is 3. The summed E-state index contributed by atoms with van der Waals surface area (Å²) in [5.74, 6) is -0.950. The number of phosphoric ester groups is 1. The zero-order valence-corrected chi connectivity index (χ0v) is 33.0. The maximum atomic E-state index is 12.5. The molecule has 0 bridgehead atoms. The van der Waals surface area contributed by atoms with Crippen LogP contribution >= 0.6 is 7.82 Å². The van der Waals surface area contributed by atoms with Crippen LogP contribution in [0.3, 0.4) is 0 Å². The number of carbonyl (C=O) groups excluding carboxylic acids is 2. The summed E-state index contributed by atoms with van der Waals surface area (Å²) >= 11 is 0. The second-order valence-electron chi connectivity index (χ2n) is 13.3. The van der Waals surface area contributed by atoms with E-state index in [2.05, 4.69) is 54.8 Å². The van der Waals surface area contributed by atoms with Gasteiger partial charge in [-0.1, -0.05) is 140 Å². The van der Waals surface area contributed by atoms with Crippen molar-refractivity contribution in [2.75, 3.05) is 26.4 Å². The molecule has 0 aromatic heterocycles. The molecule has 0 saturated heterocycles. The standard InChI is InChI=1S/C40H73O10P/c1-3-5-7-9-11-13-15-16-17-18-19-20-22-23-25-27-29-31-39(43)47-35-38(36-49-51(45,46)48-34-37(42)33-41)50-40(44)32-30-28-26-24-21-14-12-10-8-6-4-2/h11,13,16-17,19-20,37-38,41-42H,3-10,12,14-15,18,21-36H2,1-2H3,(H,45,46)/b13-11+,17-16+,20-19+/t37-,38+/m1/s1. The molecule has 0 aliphatic rings. The van der Waals surface area contributed by atoms with E-state index in [1.807, 2.05) is 0 Å². The molecule has 0 heterocycles. The topological polar surface area (TPSA) is 149 Å². The Balaban J connectivity index is 4.36. The van der Waals surface area contributed by atoms with Crippen molar-refractivity contribution in [1.82, 2.24) is 0 Å². The molecule has 0 rings (SSSR count). The van der Waals surface area contributed by atoms with Gasteiger partial charge < -0.3 is 24.6 Å². The van der Waals surface area contributed by atoms with E-state index in [9.17, 15) is 24.2 Å². The number of aliphatic hydroxyl groups is 2. The van der Waals surface area contributed by atoms with Gasteiger partial charge in [0.15, 0.2) is 6.10 Å². The summed E-state index contributed by atoms with van der Waals surface area (Å²) in [6.07, 6.45) is 35.4. The van der Waals surface area contributed by atoms with E-state index in [4.69, 9.17) is 19.1 Å². The molecular formula is C40H73O10P. The van der Waals surface area contributed by atoms with Gasteiger partial charge in [-0.15, -0.1) is 0 Å². The zero-order chi connectivity index (χ0) is 37.7. The predicted molar refractivity (Wildman–Crippen MR) is 205 cm³/mol. The Morgan fingerprint density at radius 1 is 0.588 bits per heavy atom. The zero-order valence-electron chi connectivity index (χ0n) is 32.1. The maximum Gasteiger partial charge on any atom is 0.472 e. The molecular weight excluding hydrogens is 671 g/mol. The molecule has 298 valence electrons. The summed E-state index contributed by atoms with van der Waals surface area (Å²) in [6.45, 7) is 2.30. The molecule has 3 atom stereocenters. The van der Waals surface area contributed by atoms with Crippen LogP contribution in [0.25, 0.3) is 0 Å². The van der Waals surface area contributed by atoms with Crippen LogP contribution in [0.4, 0.5) is 0 Å². The van der Waals surface area contributed by atoms with Gasteiger partial charge in [0.1, 0.15) is 12.7 Å². The maximum absolute atomic E-state index is 12.5. The second kappa shape index (κ2) is 36.5. The lowest BCUT2D eigenvalue weighted by Crippen LogP contribution is -2.29. The summed E-state index contributed by atoms with van der Waals surface area (Å²) in [6, 6.07) is 0. The molecule has 3 N–H and O–H groups in total. The van der Waals surface area contributed by atoms with Gasteiger partial charge in [0.25, 0.3) is 0 Å². The third-order valence-electron chi connectivity index (χ3n) is 8.30. The quantitative estimate of drug-likeness (QED) is 0.0243. The minimum Gasteiger partial charge on any atom is -0.462 e. The lowest BCUT2D eigenvalue weighted by molar-refractivity contribution is -0.161. The van der Waals surface area contributed by atoms with Crippen LogP contribution in [0.5, 0.6) is 0 Å². The first-order valence-electron chi connectivity index (χ1n) is 19.9. The number of ether oxygens (including phenoxy) is 2. The lowest BCUT2D eigenvalue weighted by atomic mass is 10.1. The fraction of sp³-hybridized carbons (Fsp3) is 0.800. The number of esters is 2. The van der Waals surface area contributed by atoms with E-state index in [0.717, 1.165) is 57.8 Å². The molecule has 0 aromatic rings. The number of rotatable bonds is 37. The van der Waals surface area contributed by atoms with Crippen molar-refractivity contribution in [1.29, 1.82) is 0 Å². The molecule has 10 nitrogen and oxygen atoms in total. The van der Waals surface area contributed by atoms with Gasteiger partial charge in [-0.2, -0.15) is 0 Å². The summed E-state index contributed by atoms with van der Waals surface area (Å²) in [5, 5.41) is 18.3. The summed E-state index contributed by atoms with van der Waals surface area (Å²) in [5.41, 5.74) is 0. The van der Waals surface area contributed by atoms with Gasteiger partial charge in [0, 0.05) is 12.8 Å². The minimum absolute atomic E-state index is 0.181. The van der Waals surface area contributed by atoms with Crippen LogP contribution in [0.15, 0.2) is 36.5 Å². The summed E-state index contributed by atoms with van der Waals surface area (Å²) in [4.78, 5) is 34.8. The fourth-order valence-corrected chi connectivity index (χ4v) is 5.96. The minimum atomic E-state index is -4.61. The van der Waals surface area contributed by atoms with Crippen molar-refractivity contribution in [2.45, 2.75) is 180 Å². The van der Waals surface area contributed by atoms with Gasteiger partial charge in [-0.25, -0.2) is 4.57 Å². The van der Waals surface area contributed by atoms with Gasteiger partial charge in [-0.05, 0) is 51.4 Å². The molecule has 0 amide bonds. The van der Waals surface area contributed by atoms with Gasteiger partial charge >= 0.3 is 19.8 Å². The third-order valence-corrected chi connectivity index (χ3v) is 9.25. The van der Waals surface area contributed by atoms with Crippen LogP contribution in [0.2, 0.25) is 0 Å². The largest absolute Gasteiger partial charge is 0.472 e. The molecule has 0 aromatic carbocycles. The molecule has 51 heavy (non-hydrogen) atoms. The molecule has 0 fully saturated rings. The normalized spacial score (nSPS) is 14.4. The highest BCUT2D eigenvalue weighted by Gasteiger charge is 2.27. The average Bonchev–Trinajstić information content (AvgIpc) is 3.12. The molecule has 0 saturated carbocycles. The van der Waals surface area contributed by atoms with Crippen molar-refractivity contribution in [3.05, 3.63) is 36.5 Å². The number of carbonyl (C=O) groups is 2. The Morgan fingerprint density at radius 3 is 1.57 bits per heavy atom. The fourth-order valence-electron chi connectivity index (χ4n) is 5.18. The molecule has 1 unspecified atom stereocenters. The first kappa shape index (κ1) is 49.2. The molecule has 0 aliphatic heterocycles. The molecule has 11 heteroatoms. The van der Waals surface area contributed by atoms with Crippen LogP contribution in [-0.2, 0) is 32.7 Å². The smallest absolute Gasteiger partial charge is 0.462 e. The van der Waals surface area contributed by atoms with E-state index in [-0.39, 0.29) is 19.4 Å². The second-order valence-corrected chi connectivity index (χ2v) is 14.8. The van der Waals surface area contributed by atoms with Crippen molar-refractivity contribution in [3.8, 4) is 0 Å². The van der Waals surface area contributed by atoms with Crippen molar-refractivity contribution < 1.29 is 47.8 Å². The van der Waals surface area contributed by atoms with Gasteiger partial charge in [0.2, 0.25) is 0 Å². The molecule has 0 spiro atoms. The third kappa shape index (κ3) is 36.3. The first-order chi connectivity index (χ1) is 24.7. The van der Waals surface area contributed by atoms with Crippen LogP contribution in [-0.4, -0.2) is 65.7 Å². The Bertz CT molecular complexity index is 952. The van der Waals surface area contributed by atoms with Crippen molar-refractivity contribution >= 4 is 19.8 Å². The first-order valence-corrected chi connectivity index (χ1v) is 21.4. The Kier molecular flexibility index (Phi) is 35.2. The van der Waals surface area contributed by atoms with E-state index in [0.29, 0.717) is 12.8 Å². The van der Waals surface area contributed by atoms with Gasteiger partial charge in [0.05, 0.1) is 19.8 Å². The molecule has 0 radical (unpaired) electrons. The van der Waals surface area contributed by atoms with Gasteiger partial charge in [-0.3, -0.25) is 18.6 Å². The highest BCUT2D eigenvalue weighted by atomic mass is 31.2. The monoisotopic (exact) mass is 744 g/mol. The van der Waals surface area contributed by atoms with Crippen LogP contribution in [0.1, 0.15) is 168 Å². The Morgan fingerprint density at radius 2 is 1.02 bits per heavy atom. The van der Waals surface area contributed by atoms with Crippen LogP contribution < -0.4 is 0 Å². The van der Waals surface area contributed by atoms with E-state index in [1.165, 1.54) is 70.6 Å². The Hall–Kier alpha value is -1.81. The number of allylic oxidation sites excluding steroid dienone is 6. The number of unbranched alkanes of at least 4 members (excludes halogenated alkanes) is 17. The average molecular weight is 745 g/mol. The number of phosphoric acid groups is 1. The highest BCUT2D eigenvalue weighted by Crippen LogP contribution is 2.43. The van der Waals surface area contributed by atoms with Crippen LogP contribution in [0, 0.1) is 0 Å². The summed E-state index contributed by atoms with van der Waals surface area (Å²) < 4.78 is 32.6. The highest BCUT2D eigenvalue weighted by molar-refractivity contribution is 7.47. The summed E-state index contributed by atoms with van der Waals surface area (Å²) in [7, 11) is -4.61. The van der Waals surface area contributed by atoms with Crippen molar-refractivity contribution in [3.63, 3.8) is 0 Å². The predicted octanol–water partition coefficient (Wildman–Crippen LogP) is 10.00. The SMILES string of the molecule is CCCCC/C=C/C/C=C/C/C=C/CCCCCCC(=O)OC[C@@H](COP(=O)(O)OC[C@H](O)CO)OC(=O)CCCCCCCCCCCCC. The lowest BCUT2D eigenvalue weighted by Gasteiger charge is -2.20. The van der Waals surface area contributed by atoms with E-state index in [1.54, 1.807) is 0 Å².